The van der Waals surface area contributed by atoms with E-state index in [1.54, 1.807) is 0 Å². The summed E-state index contributed by atoms with van der Waals surface area (Å²) in [7, 11) is 0. The van der Waals surface area contributed by atoms with E-state index in [2.05, 4.69) is 29.1 Å². The fraction of sp³-hybridized carbons (Fsp3) is 0.529. The van der Waals surface area contributed by atoms with E-state index in [-0.39, 0.29) is 5.91 Å². The summed E-state index contributed by atoms with van der Waals surface area (Å²) in [6, 6.07) is 7.90. The summed E-state index contributed by atoms with van der Waals surface area (Å²) < 4.78 is 0. The molecule has 0 aliphatic carbocycles. The average molecular weight is 319 g/mol. The highest BCUT2D eigenvalue weighted by atomic mass is 32.2. The molecule has 2 rings (SSSR count). The molecule has 5 heteroatoms. The number of para-hydroxylation sites is 2. The fourth-order valence-corrected chi connectivity index (χ4v) is 3.10. The van der Waals surface area contributed by atoms with Crippen molar-refractivity contribution in [3.8, 4) is 0 Å². The number of nitrogens with one attached hydrogen (secondary N) is 2. The maximum absolute atomic E-state index is 12.0. The Labute approximate surface area is 136 Å². The predicted molar refractivity (Wildman–Crippen MR) is 93.1 cm³/mol. The van der Waals surface area contributed by atoms with Crippen molar-refractivity contribution in [2.75, 3.05) is 12.3 Å². The molecule has 0 spiro atoms. The van der Waals surface area contributed by atoms with Crippen molar-refractivity contribution in [1.82, 2.24) is 15.3 Å². The fourth-order valence-electron chi connectivity index (χ4n) is 2.38. The van der Waals surface area contributed by atoms with E-state index < -0.39 is 0 Å². The minimum absolute atomic E-state index is 0.0837. The third-order valence-corrected chi connectivity index (χ3v) is 4.71. The van der Waals surface area contributed by atoms with Gasteiger partial charge in [-0.2, -0.15) is 0 Å². The molecule has 2 N–H and O–H groups in total. The normalized spacial score (nSPS) is 12.5. The Balaban J connectivity index is 1.75. The first-order valence-corrected chi connectivity index (χ1v) is 9.05. The van der Waals surface area contributed by atoms with Crippen LogP contribution in [-0.2, 0) is 4.79 Å². The van der Waals surface area contributed by atoms with E-state index in [9.17, 15) is 4.79 Å². The number of hydrogen-bond acceptors (Lipinski definition) is 3. The maximum Gasteiger partial charge on any atom is 0.230 e. The van der Waals surface area contributed by atoms with Crippen molar-refractivity contribution in [3.05, 3.63) is 24.3 Å². The zero-order valence-electron chi connectivity index (χ0n) is 13.4. The van der Waals surface area contributed by atoms with E-state index in [1.165, 1.54) is 31.0 Å². The Morgan fingerprint density at radius 3 is 2.91 bits per heavy atom. The van der Waals surface area contributed by atoms with Crippen LogP contribution in [0.25, 0.3) is 11.0 Å². The Morgan fingerprint density at radius 1 is 1.36 bits per heavy atom. The van der Waals surface area contributed by atoms with Gasteiger partial charge in [0, 0.05) is 6.54 Å². The van der Waals surface area contributed by atoms with Crippen LogP contribution in [0, 0.1) is 5.92 Å². The van der Waals surface area contributed by atoms with Gasteiger partial charge in [-0.1, -0.05) is 57.0 Å². The lowest BCUT2D eigenvalue weighted by atomic mass is 9.99. The monoisotopic (exact) mass is 319 g/mol. The van der Waals surface area contributed by atoms with Gasteiger partial charge in [-0.3, -0.25) is 4.79 Å². The number of rotatable bonds is 9. The number of thioether (sulfide) groups is 1. The van der Waals surface area contributed by atoms with Crippen molar-refractivity contribution in [2.45, 2.75) is 44.7 Å². The highest BCUT2D eigenvalue weighted by Crippen LogP contribution is 2.19. The van der Waals surface area contributed by atoms with Crippen LogP contribution in [0.3, 0.4) is 0 Å². The molecule has 0 radical (unpaired) electrons. The zero-order valence-corrected chi connectivity index (χ0v) is 14.2. The number of fused-ring (bicyclic) bond motifs is 1. The molecule has 120 valence electrons. The molecule has 0 aliphatic rings. The molecule has 0 unspecified atom stereocenters. The van der Waals surface area contributed by atoms with E-state index in [1.807, 2.05) is 24.3 Å². The first-order chi connectivity index (χ1) is 10.7. The number of hydrogen-bond donors (Lipinski definition) is 2. The lowest BCUT2D eigenvalue weighted by Crippen LogP contribution is -2.30. The topological polar surface area (TPSA) is 57.8 Å². The van der Waals surface area contributed by atoms with E-state index >= 15 is 0 Å². The summed E-state index contributed by atoms with van der Waals surface area (Å²) in [5.41, 5.74) is 1.95. The first kappa shape index (κ1) is 16.9. The van der Waals surface area contributed by atoms with Crippen LogP contribution in [0.4, 0.5) is 0 Å². The molecule has 1 heterocycles. The third-order valence-electron chi connectivity index (χ3n) is 3.84. The van der Waals surface area contributed by atoms with Gasteiger partial charge >= 0.3 is 0 Å². The van der Waals surface area contributed by atoms with Gasteiger partial charge < -0.3 is 10.3 Å². The SMILES string of the molecule is CCCC[C@@H](CC)CNC(=O)CSc1nc2ccccc2[nH]1. The van der Waals surface area contributed by atoms with Crippen LogP contribution < -0.4 is 5.32 Å². The van der Waals surface area contributed by atoms with E-state index in [4.69, 9.17) is 0 Å². The molecule has 1 aromatic carbocycles. The summed E-state index contributed by atoms with van der Waals surface area (Å²) in [4.78, 5) is 19.6. The van der Waals surface area contributed by atoms with Crippen LogP contribution in [0.2, 0.25) is 0 Å². The number of aromatic amines is 1. The van der Waals surface area contributed by atoms with Crippen LogP contribution >= 0.6 is 11.8 Å². The molecule has 2 aromatic rings. The highest BCUT2D eigenvalue weighted by Gasteiger charge is 2.10. The highest BCUT2D eigenvalue weighted by molar-refractivity contribution is 7.99. The Kier molecular flexibility index (Phi) is 6.77. The van der Waals surface area contributed by atoms with Crippen LogP contribution in [-0.4, -0.2) is 28.2 Å². The molecule has 0 aliphatic heterocycles. The number of amides is 1. The standard InChI is InChI=1S/C17H25N3OS/c1-3-5-8-13(4-2)11-18-16(21)12-22-17-19-14-9-6-7-10-15(14)20-17/h6-7,9-10,13H,3-5,8,11-12H2,1-2H3,(H,18,21)(H,19,20)/t13-/m1/s1. The van der Waals surface area contributed by atoms with Crippen LogP contribution in [0.1, 0.15) is 39.5 Å². The number of carbonyl (C=O) groups excluding carboxylic acids is 1. The lowest BCUT2D eigenvalue weighted by molar-refractivity contribution is -0.118. The molecule has 0 bridgehead atoms. The van der Waals surface area contributed by atoms with Gasteiger partial charge in [-0.25, -0.2) is 4.98 Å². The minimum atomic E-state index is 0.0837. The Hall–Kier alpha value is -1.49. The number of nitrogens with zero attached hydrogens (tertiary/aromatic N) is 1. The molecule has 0 saturated carbocycles. The van der Waals surface area contributed by atoms with Crippen molar-refractivity contribution < 1.29 is 4.79 Å². The zero-order chi connectivity index (χ0) is 15.8. The molecule has 1 aromatic heterocycles. The van der Waals surface area contributed by atoms with Crippen molar-refractivity contribution in [1.29, 1.82) is 0 Å². The summed E-state index contributed by atoms with van der Waals surface area (Å²) in [6.07, 6.45) is 4.77. The second kappa shape index (κ2) is 8.83. The molecule has 22 heavy (non-hydrogen) atoms. The molecular formula is C17H25N3OS. The van der Waals surface area contributed by atoms with Crippen LogP contribution in [0.15, 0.2) is 29.4 Å². The average Bonchev–Trinajstić information content (AvgIpc) is 2.96. The van der Waals surface area contributed by atoms with Gasteiger partial charge in [0.2, 0.25) is 5.91 Å². The minimum Gasteiger partial charge on any atom is -0.355 e. The van der Waals surface area contributed by atoms with Crippen molar-refractivity contribution in [3.63, 3.8) is 0 Å². The van der Waals surface area contributed by atoms with Gasteiger partial charge in [0.1, 0.15) is 0 Å². The van der Waals surface area contributed by atoms with Gasteiger partial charge in [-0.15, -0.1) is 0 Å². The smallest absolute Gasteiger partial charge is 0.230 e. The number of benzene rings is 1. The quantitative estimate of drug-likeness (QED) is 0.687. The number of aromatic nitrogens is 2. The van der Waals surface area contributed by atoms with Crippen molar-refractivity contribution in [2.24, 2.45) is 5.92 Å². The van der Waals surface area contributed by atoms with Gasteiger partial charge in [0.05, 0.1) is 16.8 Å². The van der Waals surface area contributed by atoms with Gasteiger partial charge in [-0.05, 0) is 24.5 Å². The molecule has 4 nitrogen and oxygen atoms in total. The Morgan fingerprint density at radius 2 is 2.18 bits per heavy atom. The maximum atomic E-state index is 12.0. The molecule has 1 atom stereocenters. The molecule has 0 fully saturated rings. The third kappa shape index (κ3) is 5.05. The molecular weight excluding hydrogens is 294 g/mol. The largest absolute Gasteiger partial charge is 0.355 e. The number of carbonyl (C=O) groups is 1. The number of unbranched alkanes of at least 4 members (excludes halogenated alkanes) is 1. The van der Waals surface area contributed by atoms with E-state index in [0.29, 0.717) is 11.7 Å². The Bertz CT molecular complexity index is 563. The second-order valence-corrected chi connectivity index (χ2v) is 6.53. The van der Waals surface area contributed by atoms with Gasteiger partial charge in [0.15, 0.2) is 5.16 Å². The number of H-pyrrole nitrogens is 1. The van der Waals surface area contributed by atoms with E-state index in [0.717, 1.165) is 29.2 Å². The summed E-state index contributed by atoms with van der Waals surface area (Å²) in [5.74, 6) is 1.09. The second-order valence-electron chi connectivity index (χ2n) is 5.57. The van der Waals surface area contributed by atoms with Crippen LogP contribution in [0.5, 0.6) is 0 Å². The summed E-state index contributed by atoms with van der Waals surface area (Å²) >= 11 is 1.45. The summed E-state index contributed by atoms with van der Waals surface area (Å²) in [6.45, 7) is 5.18. The van der Waals surface area contributed by atoms with Gasteiger partial charge in [0.25, 0.3) is 0 Å². The van der Waals surface area contributed by atoms with Crippen molar-refractivity contribution >= 4 is 28.7 Å². The summed E-state index contributed by atoms with van der Waals surface area (Å²) in [5, 5.41) is 3.85. The molecule has 1 amide bonds. The number of imidazole rings is 1. The lowest BCUT2D eigenvalue weighted by Gasteiger charge is -2.14. The predicted octanol–water partition coefficient (Wildman–Crippen LogP) is 3.99. The molecule has 0 saturated heterocycles. The first-order valence-electron chi connectivity index (χ1n) is 8.07.